The maximum Gasteiger partial charge on any atom is 0.205 e. The second-order valence-electron chi connectivity index (χ2n) is 8.75. The van der Waals surface area contributed by atoms with Gasteiger partial charge >= 0.3 is 0 Å². The topological polar surface area (TPSA) is 61.0 Å². The third-order valence-corrected chi connectivity index (χ3v) is 5.31. The van der Waals surface area contributed by atoms with Crippen LogP contribution < -0.4 is 20.1 Å². The minimum Gasteiger partial charge on any atom is -0.462 e. The summed E-state index contributed by atoms with van der Waals surface area (Å²) >= 11 is 0. The Hall–Kier alpha value is -2.12. The van der Waals surface area contributed by atoms with Gasteiger partial charge in [0.05, 0.1) is 13.2 Å². The Balaban J connectivity index is 0.00000141. The molecule has 0 saturated carbocycles. The van der Waals surface area contributed by atoms with Crippen LogP contribution in [-0.2, 0) is 35.8 Å². The van der Waals surface area contributed by atoms with Gasteiger partial charge in [-0.25, -0.2) is 0 Å². The van der Waals surface area contributed by atoms with Crippen molar-refractivity contribution in [3.63, 3.8) is 0 Å². The minimum atomic E-state index is -0.582. The van der Waals surface area contributed by atoms with Crippen LogP contribution in [0.5, 0.6) is 11.5 Å². The van der Waals surface area contributed by atoms with Crippen molar-refractivity contribution in [2.24, 2.45) is 0 Å². The fourth-order valence-corrected chi connectivity index (χ4v) is 3.72. The predicted molar refractivity (Wildman–Crippen MR) is 127 cm³/mol. The molecule has 2 aliphatic rings. The van der Waals surface area contributed by atoms with Crippen molar-refractivity contribution in [3.8, 4) is 11.5 Å². The Morgan fingerprint density at radius 3 is 1.50 bits per heavy atom. The smallest absolute Gasteiger partial charge is 0.205 e. The van der Waals surface area contributed by atoms with Crippen LogP contribution in [0.2, 0.25) is 0 Å². The highest BCUT2D eigenvalue weighted by molar-refractivity contribution is 5.43. The third kappa shape index (κ3) is 6.23. The molecule has 0 bridgehead atoms. The zero-order chi connectivity index (χ0) is 23.2. The number of fused-ring (bicyclic) bond motifs is 2. The number of rotatable bonds is 7. The zero-order valence-electron chi connectivity index (χ0n) is 20.3. The second-order valence-corrected chi connectivity index (χ2v) is 8.75. The first kappa shape index (κ1) is 24.5. The summed E-state index contributed by atoms with van der Waals surface area (Å²) in [5.41, 5.74) is 4.54. The van der Waals surface area contributed by atoms with Crippen LogP contribution >= 0.6 is 0 Å². The zero-order valence-corrected chi connectivity index (χ0v) is 20.3. The SMILES string of the molecule is CC.CC1(C)OCc2cccc(CNCCNCc3cccc4c3OC(C)(C)OC4)c2O1. The summed E-state index contributed by atoms with van der Waals surface area (Å²) in [6.45, 7) is 16.2. The summed E-state index contributed by atoms with van der Waals surface area (Å²) in [5.74, 6) is 0.738. The molecule has 0 spiro atoms. The van der Waals surface area contributed by atoms with Crippen molar-refractivity contribution in [2.75, 3.05) is 13.1 Å². The van der Waals surface area contributed by atoms with Crippen molar-refractivity contribution >= 4 is 0 Å². The number of hydrogen-bond acceptors (Lipinski definition) is 6. The summed E-state index contributed by atoms with van der Waals surface area (Å²) in [6.07, 6.45) is 0. The van der Waals surface area contributed by atoms with E-state index in [4.69, 9.17) is 18.9 Å². The van der Waals surface area contributed by atoms with Crippen LogP contribution in [-0.4, -0.2) is 24.7 Å². The van der Waals surface area contributed by atoms with Gasteiger partial charge in [-0.15, -0.1) is 0 Å². The Morgan fingerprint density at radius 2 is 1.09 bits per heavy atom. The number of nitrogens with one attached hydrogen (secondary N) is 2. The summed E-state index contributed by atoms with van der Waals surface area (Å²) < 4.78 is 23.6. The number of hydrogen-bond donors (Lipinski definition) is 2. The summed E-state index contributed by atoms with van der Waals surface area (Å²) in [7, 11) is 0. The van der Waals surface area contributed by atoms with E-state index < -0.39 is 11.6 Å². The molecule has 2 N–H and O–H groups in total. The first-order valence-corrected chi connectivity index (χ1v) is 11.6. The average molecular weight is 443 g/mol. The number of para-hydroxylation sites is 2. The molecule has 32 heavy (non-hydrogen) atoms. The van der Waals surface area contributed by atoms with Gasteiger partial charge in [-0.3, -0.25) is 0 Å². The lowest BCUT2D eigenvalue weighted by Crippen LogP contribution is -2.36. The van der Waals surface area contributed by atoms with Crippen molar-refractivity contribution in [1.82, 2.24) is 10.6 Å². The van der Waals surface area contributed by atoms with Gasteiger partial charge in [-0.1, -0.05) is 50.2 Å². The van der Waals surface area contributed by atoms with E-state index in [0.717, 1.165) is 59.9 Å². The molecule has 0 unspecified atom stereocenters. The highest BCUT2D eigenvalue weighted by Crippen LogP contribution is 2.35. The Bertz CT molecular complexity index is 822. The van der Waals surface area contributed by atoms with Gasteiger partial charge in [0.25, 0.3) is 0 Å². The fourth-order valence-electron chi connectivity index (χ4n) is 3.72. The quantitative estimate of drug-likeness (QED) is 0.596. The Labute approximate surface area is 192 Å². The molecule has 2 heterocycles. The Morgan fingerprint density at radius 1 is 0.688 bits per heavy atom. The van der Waals surface area contributed by atoms with E-state index >= 15 is 0 Å². The van der Waals surface area contributed by atoms with Crippen molar-refractivity contribution in [1.29, 1.82) is 0 Å². The van der Waals surface area contributed by atoms with Crippen molar-refractivity contribution in [3.05, 3.63) is 58.7 Å². The highest BCUT2D eigenvalue weighted by atomic mass is 16.7. The van der Waals surface area contributed by atoms with Crippen LogP contribution in [0.3, 0.4) is 0 Å². The lowest BCUT2D eigenvalue weighted by Gasteiger charge is -2.34. The average Bonchev–Trinajstić information content (AvgIpc) is 2.77. The van der Waals surface area contributed by atoms with E-state index in [1.165, 1.54) is 0 Å². The lowest BCUT2D eigenvalue weighted by atomic mass is 10.1. The monoisotopic (exact) mass is 442 g/mol. The van der Waals surface area contributed by atoms with Crippen molar-refractivity contribution in [2.45, 2.75) is 79.4 Å². The molecule has 176 valence electrons. The molecule has 6 heteroatoms. The first-order chi connectivity index (χ1) is 15.3. The highest BCUT2D eigenvalue weighted by Gasteiger charge is 2.29. The van der Waals surface area contributed by atoms with Gasteiger partial charge in [-0.05, 0) is 0 Å². The van der Waals surface area contributed by atoms with E-state index in [2.05, 4.69) is 47.0 Å². The van der Waals surface area contributed by atoms with Gasteiger partial charge < -0.3 is 29.6 Å². The van der Waals surface area contributed by atoms with E-state index in [9.17, 15) is 0 Å². The van der Waals surface area contributed by atoms with E-state index in [-0.39, 0.29) is 0 Å². The molecule has 2 aliphatic heterocycles. The number of benzene rings is 2. The fraction of sp³-hybridized carbons (Fsp3) is 0.538. The van der Waals surface area contributed by atoms with E-state index in [0.29, 0.717) is 13.2 Å². The standard InChI is InChI=1S/C24H32N2O4.C2H6/c1-23(2)27-15-19-9-5-7-17(21(19)29-23)13-25-11-12-26-14-18-8-6-10-20-16-28-24(3,4)30-22(18)20;1-2/h5-10,25-26H,11-16H2,1-4H3;1-2H3. The molecular weight excluding hydrogens is 404 g/mol. The first-order valence-electron chi connectivity index (χ1n) is 11.6. The number of ether oxygens (including phenoxy) is 4. The van der Waals surface area contributed by atoms with Gasteiger partial charge in [0, 0.05) is 76.1 Å². The molecule has 2 aromatic rings. The molecule has 0 saturated heterocycles. The molecule has 0 aromatic heterocycles. The maximum absolute atomic E-state index is 6.05. The lowest BCUT2D eigenvalue weighted by molar-refractivity contribution is -0.180. The van der Waals surface area contributed by atoms with Crippen LogP contribution in [0.25, 0.3) is 0 Å². The third-order valence-electron chi connectivity index (χ3n) is 5.31. The largest absolute Gasteiger partial charge is 0.462 e. The molecule has 0 atom stereocenters. The molecular formula is C26H38N2O4. The van der Waals surface area contributed by atoms with Crippen LogP contribution in [0.1, 0.15) is 63.8 Å². The second kappa shape index (κ2) is 10.7. The van der Waals surface area contributed by atoms with Crippen LogP contribution in [0.4, 0.5) is 0 Å². The van der Waals surface area contributed by atoms with Gasteiger partial charge in [0.15, 0.2) is 0 Å². The minimum absolute atomic E-state index is 0.582. The van der Waals surface area contributed by atoms with Crippen molar-refractivity contribution < 1.29 is 18.9 Å². The van der Waals surface area contributed by atoms with E-state index in [1.54, 1.807) is 0 Å². The Kier molecular flexibility index (Phi) is 8.17. The summed E-state index contributed by atoms with van der Waals surface area (Å²) in [6, 6.07) is 12.5. The normalized spacial score (nSPS) is 17.7. The summed E-state index contributed by atoms with van der Waals surface area (Å²) in [4.78, 5) is 0. The molecule has 2 aromatic carbocycles. The summed E-state index contributed by atoms with van der Waals surface area (Å²) in [5, 5.41) is 7.01. The maximum atomic E-state index is 6.05. The predicted octanol–water partition coefficient (Wildman–Crippen LogP) is 4.88. The molecule has 0 fully saturated rings. The molecule has 0 aliphatic carbocycles. The van der Waals surface area contributed by atoms with Gasteiger partial charge in [-0.2, -0.15) is 0 Å². The van der Waals surface area contributed by atoms with Crippen LogP contribution in [0, 0.1) is 0 Å². The van der Waals surface area contributed by atoms with Gasteiger partial charge in [0.2, 0.25) is 11.6 Å². The molecule has 0 amide bonds. The molecule has 6 nitrogen and oxygen atoms in total. The molecule has 4 rings (SSSR count). The van der Waals surface area contributed by atoms with E-state index in [1.807, 2.05) is 41.5 Å². The van der Waals surface area contributed by atoms with Crippen LogP contribution in [0.15, 0.2) is 36.4 Å². The van der Waals surface area contributed by atoms with Gasteiger partial charge in [0.1, 0.15) is 11.5 Å². The molecule has 0 radical (unpaired) electrons.